The van der Waals surface area contributed by atoms with Crippen molar-refractivity contribution < 1.29 is 9.59 Å². The Morgan fingerprint density at radius 2 is 1.76 bits per heavy atom. The highest BCUT2D eigenvalue weighted by Crippen LogP contribution is 2.25. The van der Waals surface area contributed by atoms with E-state index in [4.69, 9.17) is 5.73 Å². The topological polar surface area (TPSA) is 97.1 Å². The molecule has 1 fully saturated rings. The number of carbonyl (C=O) groups excluding carboxylic acids is 2. The molecule has 6 nitrogen and oxygen atoms in total. The molecule has 1 aromatic carbocycles. The first-order chi connectivity index (χ1) is 12.1. The maximum atomic E-state index is 12.4. The lowest BCUT2D eigenvalue weighted by Gasteiger charge is -2.25. The zero-order valence-corrected chi connectivity index (χ0v) is 13.9. The lowest BCUT2D eigenvalue weighted by atomic mass is 9.85. The second-order valence-electron chi connectivity index (χ2n) is 6.38. The molecule has 0 aliphatic heterocycles. The Morgan fingerprint density at radius 3 is 2.48 bits per heavy atom. The van der Waals surface area contributed by atoms with Crippen LogP contribution in [-0.2, 0) is 4.79 Å². The first kappa shape index (κ1) is 17.1. The van der Waals surface area contributed by atoms with Crippen molar-refractivity contribution in [2.45, 2.75) is 31.7 Å². The Balaban J connectivity index is 1.63. The first-order valence-electron chi connectivity index (χ1n) is 8.50. The molecule has 2 atom stereocenters. The van der Waals surface area contributed by atoms with Crippen molar-refractivity contribution in [1.29, 1.82) is 0 Å². The molecule has 0 bridgehead atoms. The zero-order valence-electron chi connectivity index (χ0n) is 13.9. The molecule has 2 amide bonds. The van der Waals surface area contributed by atoms with Crippen molar-refractivity contribution >= 4 is 23.2 Å². The van der Waals surface area contributed by atoms with Crippen LogP contribution in [0.3, 0.4) is 0 Å². The minimum atomic E-state index is -0.218. The van der Waals surface area contributed by atoms with E-state index in [0.29, 0.717) is 16.9 Å². The second-order valence-corrected chi connectivity index (χ2v) is 6.38. The van der Waals surface area contributed by atoms with Crippen LogP contribution in [0.25, 0.3) is 0 Å². The van der Waals surface area contributed by atoms with E-state index in [1.807, 2.05) is 6.07 Å². The van der Waals surface area contributed by atoms with E-state index in [-0.39, 0.29) is 23.8 Å². The molecular weight excluding hydrogens is 316 g/mol. The number of rotatable bonds is 4. The van der Waals surface area contributed by atoms with Crippen molar-refractivity contribution in [1.82, 2.24) is 4.98 Å². The number of nitrogens with two attached hydrogens (primary N) is 1. The molecule has 4 N–H and O–H groups in total. The number of anilines is 2. The van der Waals surface area contributed by atoms with Crippen molar-refractivity contribution in [2.24, 2.45) is 11.7 Å². The maximum Gasteiger partial charge on any atom is 0.255 e. The fourth-order valence-corrected chi connectivity index (χ4v) is 3.09. The summed E-state index contributed by atoms with van der Waals surface area (Å²) in [5, 5.41) is 5.75. The van der Waals surface area contributed by atoms with Crippen molar-refractivity contribution in [2.75, 3.05) is 10.6 Å². The summed E-state index contributed by atoms with van der Waals surface area (Å²) in [7, 11) is 0. The lowest BCUT2D eigenvalue weighted by molar-refractivity contribution is -0.120. The number of nitrogens with zero attached hydrogens (tertiary/aromatic N) is 1. The van der Waals surface area contributed by atoms with E-state index >= 15 is 0 Å². The molecule has 2 unspecified atom stereocenters. The van der Waals surface area contributed by atoms with Crippen molar-refractivity contribution in [3.63, 3.8) is 0 Å². The van der Waals surface area contributed by atoms with Gasteiger partial charge in [-0.15, -0.1) is 0 Å². The predicted molar refractivity (Wildman–Crippen MR) is 97.2 cm³/mol. The van der Waals surface area contributed by atoms with E-state index in [9.17, 15) is 9.59 Å². The number of aromatic nitrogens is 1. The molecule has 1 heterocycles. The van der Waals surface area contributed by atoms with Gasteiger partial charge in [-0.05, 0) is 49.6 Å². The minimum Gasteiger partial charge on any atom is -0.328 e. The van der Waals surface area contributed by atoms with Crippen LogP contribution in [0.5, 0.6) is 0 Å². The van der Waals surface area contributed by atoms with Crippen molar-refractivity contribution in [3.8, 4) is 0 Å². The maximum absolute atomic E-state index is 12.4. The van der Waals surface area contributed by atoms with Gasteiger partial charge in [0.25, 0.3) is 5.91 Å². The van der Waals surface area contributed by atoms with E-state index < -0.39 is 0 Å². The third-order valence-electron chi connectivity index (χ3n) is 4.42. The molecular formula is C19H22N4O2. The summed E-state index contributed by atoms with van der Waals surface area (Å²) in [4.78, 5) is 28.5. The molecule has 6 heteroatoms. The molecule has 2 aromatic rings. The molecule has 0 radical (unpaired) electrons. The Hall–Kier alpha value is -2.73. The summed E-state index contributed by atoms with van der Waals surface area (Å²) in [5.41, 5.74) is 7.78. The molecule has 130 valence electrons. The van der Waals surface area contributed by atoms with Gasteiger partial charge < -0.3 is 16.4 Å². The summed E-state index contributed by atoms with van der Waals surface area (Å²) in [6, 6.07) is 10.5. The summed E-state index contributed by atoms with van der Waals surface area (Å²) >= 11 is 0. The summed E-state index contributed by atoms with van der Waals surface area (Å²) in [6.07, 6.45) is 6.71. The highest BCUT2D eigenvalue weighted by atomic mass is 16.2. The summed E-state index contributed by atoms with van der Waals surface area (Å²) in [5.74, 6) is -0.268. The van der Waals surface area contributed by atoms with Crippen LogP contribution < -0.4 is 16.4 Å². The van der Waals surface area contributed by atoms with Gasteiger partial charge in [0.15, 0.2) is 0 Å². The van der Waals surface area contributed by atoms with Gasteiger partial charge in [-0.1, -0.05) is 12.5 Å². The van der Waals surface area contributed by atoms with Crippen LogP contribution >= 0.6 is 0 Å². The Kier molecular flexibility index (Phi) is 5.40. The molecule has 0 saturated heterocycles. The number of pyridine rings is 1. The quantitative estimate of drug-likeness (QED) is 0.798. The summed E-state index contributed by atoms with van der Waals surface area (Å²) in [6.45, 7) is 0. The Morgan fingerprint density at radius 1 is 1.04 bits per heavy atom. The number of nitrogens with one attached hydrogen (secondary N) is 2. The third-order valence-corrected chi connectivity index (χ3v) is 4.42. The number of amides is 2. The van der Waals surface area contributed by atoms with Gasteiger partial charge in [0.05, 0.1) is 0 Å². The van der Waals surface area contributed by atoms with Crippen LogP contribution in [0.4, 0.5) is 11.4 Å². The molecule has 1 aliphatic carbocycles. The minimum absolute atomic E-state index is 0.00670. The monoisotopic (exact) mass is 338 g/mol. The highest BCUT2D eigenvalue weighted by Gasteiger charge is 2.25. The SMILES string of the molecule is NC1CCCC(C(=O)Nc2cccc(NC(=O)c3ccncc3)c2)C1. The standard InChI is InChI=1S/C19H22N4O2/c20-15-4-1-3-14(11-15)19(25)23-17-6-2-5-16(12-17)22-18(24)13-7-9-21-10-8-13/h2,5-10,12,14-15H,1,3-4,11,20H2,(H,22,24)(H,23,25). The van der Waals surface area contributed by atoms with E-state index in [0.717, 1.165) is 25.7 Å². The van der Waals surface area contributed by atoms with E-state index in [1.54, 1.807) is 42.7 Å². The molecule has 3 rings (SSSR count). The number of carbonyl (C=O) groups is 2. The van der Waals surface area contributed by atoms with Crippen LogP contribution in [0.1, 0.15) is 36.0 Å². The van der Waals surface area contributed by atoms with Crippen LogP contribution in [0.2, 0.25) is 0 Å². The molecule has 1 saturated carbocycles. The van der Waals surface area contributed by atoms with Gasteiger partial charge >= 0.3 is 0 Å². The molecule has 25 heavy (non-hydrogen) atoms. The van der Waals surface area contributed by atoms with Gasteiger partial charge in [0.2, 0.25) is 5.91 Å². The second kappa shape index (κ2) is 7.90. The fraction of sp³-hybridized carbons (Fsp3) is 0.316. The smallest absolute Gasteiger partial charge is 0.255 e. The Bertz CT molecular complexity index is 748. The van der Waals surface area contributed by atoms with Gasteiger partial charge in [-0.25, -0.2) is 0 Å². The molecule has 0 spiro atoms. The average Bonchev–Trinajstić information content (AvgIpc) is 2.63. The Labute approximate surface area is 146 Å². The highest BCUT2D eigenvalue weighted by molar-refractivity contribution is 6.04. The summed E-state index contributed by atoms with van der Waals surface area (Å²) < 4.78 is 0. The van der Waals surface area contributed by atoms with Gasteiger partial charge in [0, 0.05) is 41.3 Å². The van der Waals surface area contributed by atoms with E-state index in [1.165, 1.54) is 0 Å². The lowest BCUT2D eigenvalue weighted by Crippen LogP contribution is -2.34. The van der Waals surface area contributed by atoms with Crippen LogP contribution in [0.15, 0.2) is 48.8 Å². The number of benzene rings is 1. The first-order valence-corrected chi connectivity index (χ1v) is 8.50. The average molecular weight is 338 g/mol. The van der Waals surface area contributed by atoms with Crippen LogP contribution in [0, 0.1) is 5.92 Å². The van der Waals surface area contributed by atoms with Gasteiger partial charge in [-0.2, -0.15) is 0 Å². The van der Waals surface area contributed by atoms with Crippen molar-refractivity contribution in [3.05, 3.63) is 54.4 Å². The zero-order chi connectivity index (χ0) is 17.6. The normalized spacial score (nSPS) is 19.9. The number of hydrogen-bond donors (Lipinski definition) is 3. The van der Waals surface area contributed by atoms with Gasteiger partial charge in [-0.3, -0.25) is 14.6 Å². The van der Waals surface area contributed by atoms with Gasteiger partial charge in [0.1, 0.15) is 0 Å². The molecule has 1 aliphatic rings. The molecule has 1 aromatic heterocycles. The third kappa shape index (κ3) is 4.64. The predicted octanol–water partition coefficient (Wildman–Crippen LogP) is 2.79. The van der Waals surface area contributed by atoms with E-state index in [2.05, 4.69) is 15.6 Å². The fourth-order valence-electron chi connectivity index (χ4n) is 3.09. The largest absolute Gasteiger partial charge is 0.328 e. The van der Waals surface area contributed by atoms with Crippen LogP contribution in [-0.4, -0.2) is 22.8 Å². The number of hydrogen-bond acceptors (Lipinski definition) is 4.